The van der Waals surface area contributed by atoms with Crippen LogP contribution >= 0.6 is 23.2 Å². The summed E-state index contributed by atoms with van der Waals surface area (Å²) in [7, 11) is 0. The Morgan fingerprint density at radius 1 is 1.36 bits per heavy atom. The second-order valence-corrected chi connectivity index (χ2v) is 3.58. The molecule has 0 aromatic heterocycles. The first-order chi connectivity index (χ1) is 5.11. The topological polar surface area (TPSA) is 20.2 Å². The summed E-state index contributed by atoms with van der Waals surface area (Å²) in [6.45, 7) is 0. The summed E-state index contributed by atoms with van der Waals surface area (Å²) in [4.78, 5) is 0. The summed E-state index contributed by atoms with van der Waals surface area (Å²) in [5.74, 6) is 0. The molecule has 0 spiro atoms. The van der Waals surface area contributed by atoms with Gasteiger partial charge in [0.05, 0.1) is 0 Å². The Morgan fingerprint density at radius 3 is 2.45 bits per heavy atom. The molecule has 1 aromatic rings. The molecule has 0 aliphatic heterocycles. The van der Waals surface area contributed by atoms with Crippen molar-refractivity contribution in [2.45, 2.75) is 0 Å². The molecule has 1 aromatic carbocycles. The van der Waals surface area contributed by atoms with Crippen molar-refractivity contribution in [3.63, 3.8) is 0 Å². The van der Waals surface area contributed by atoms with E-state index in [1.54, 1.807) is 18.2 Å². The van der Waals surface area contributed by atoms with Gasteiger partial charge in [0.2, 0.25) is 0 Å². The van der Waals surface area contributed by atoms with E-state index in [1.807, 2.05) is 0 Å². The summed E-state index contributed by atoms with van der Waals surface area (Å²) in [6.07, 6.45) is 0. The van der Waals surface area contributed by atoms with Gasteiger partial charge in [0.25, 0.3) is 0 Å². The maximum atomic E-state index is 9.03. The van der Waals surface area contributed by atoms with Gasteiger partial charge in [-0.2, -0.15) is 0 Å². The first kappa shape index (κ1) is 9.08. The molecule has 0 unspecified atom stereocenters. The maximum absolute atomic E-state index is 9.03. The summed E-state index contributed by atoms with van der Waals surface area (Å²) >= 11 is 13.8. The standard InChI is InChI=1S/C7H4Cl2OSe/c8-4-1-2-5(7(10)11)6(9)3-4/h1-3H,(H,10,11). The molecule has 0 aliphatic carbocycles. The Balaban J connectivity index is 3.20. The molecule has 0 atom stereocenters. The molecule has 0 amide bonds. The third kappa shape index (κ3) is 2.21. The third-order valence-electron chi connectivity index (χ3n) is 1.16. The molecule has 1 nitrogen and oxygen atoms in total. The van der Waals surface area contributed by atoms with Crippen molar-refractivity contribution in [1.29, 1.82) is 0 Å². The first-order valence-electron chi connectivity index (χ1n) is 2.79. The summed E-state index contributed by atoms with van der Waals surface area (Å²) in [6, 6.07) is 4.89. The average Bonchev–Trinajstić information content (AvgIpc) is 1.85. The van der Waals surface area contributed by atoms with Crippen molar-refractivity contribution in [2.24, 2.45) is 0 Å². The Hall–Kier alpha value is -0.0105. The quantitative estimate of drug-likeness (QED) is 0.760. The van der Waals surface area contributed by atoms with Crippen molar-refractivity contribution >= 4 is 43.4 Å². The van der Waals surface area contributed by atoms with Crippen LogP contribution in [0.5, 0.6) is 0 Å². The fraction of sp³-hybridized carbons (Fsp3) is 0. The van der Waals surface area contributed by atoms with E-state index in [9.17, 15) is 0 Å². The molecule has 0 aliphatic rings. The molecule has 0 radical (unpaired) electrons. The summed E-state index contributed by atoms with van der Waals surface area (Å²) < 4.78 is 0.0756. The normalized spacial score (nSPS) is 9.64. The zero-order valence-corrected chi connectivity index (χ0v) is 8.57. The van der Waals surface area contributed by atoms with Crippen LogP contribution in [0.3, 0.4) is 0 Å². The first-order valence-corrected chi connectivity index (χ1v) is 4.41. The van der Waals surface area contributed by atoms with E-state index in [-0.39, 0.29) is 4.60 Å². The molecule has 58 valence electrons. The third-order valence-corrected chi connectivity index (χ3v) is 2.17. The van der Waals surface area contributed by atoms with E-state index in [0.29, 0.717) is 15.6 Å². The molecule has 1 rings (SSSR count). The molecular weight excluding hydrogens is 250 g/mol. The van der Waals surface area contributed by atoms with Crippen molar-refractivity contribution in [3.8, 4) is 0 Å². The Kier molecular flexibility index (Phi) is 2.97. The van der Waals surface area contributed by atoms with Gasteiger partial charge in [-0.25, -0.2) is 0 Å². The molecule has 0 heterocycles. The Bertz CT molecular complexity index is 298. The van der Waals surface area contributed by atoms with Crippen LogP contribution in [0.2, 0.25) is 10.0 Å². The number of aliphatic hydroxyl groups is 1. The zero-order chi connectivity index (χ0) is 8.43. The molecule has 11 heavy (non-hydrogen) atoms. The Labute approximate surface area is 82.3 Å². The number of hydrogen-bond donors (Lipinski definition) is 1. The van der Waals surface area contributed by atoms with Gasteiger partial charge < -0.3 is 0 Å². The number of aliphatic hydroxyl groups excluding tert-OH is 1. The minimum atomic E-state index is 0.0756. The number of halogens is 2. The molecule has 0 bridgehead atoms. The molecule has 4 heteroatoms. The number of hydrogen-bond acceptors (Lipinski definition) is 1. The predicted molar refractivity (Wildman–Crippen MR) is 48.3 cm³/mol. The van der Waals surface area contributed by atoms with E-state index in [2.05, 4.69) is 15.6 Å². The molecule has 0 saturated carbocycles. The predicted octanol–water partition coefficient (Wildman–Crippen LogP) is 2.01. The van der Waals surface area contributed by atoms with Gasteiger partial charge in [-0.3, -0.25) is 0 Å². The second kappa shape index (κ2) is 3.59. The van der Waals surface area contributed by atoms with Gasteiger partial charge in [0, 0.05) is 0 Å². The van der Waals surface area contributed by atoms with Crippen LogP contribution in [0.4, 0.5) is 0 Å². The molecule has 0 saturated heterocycles. The second-order valence-electron chi connectivity index (χ2n) is 1.93. The van der Waals surface area contributed by atoms with E-state index < -0.39 is 0 Å². The Morgan fingerprint density at radius 2 is 2.00 bits per heavy atom. The van der Waals surface area contributed by atoms with Gasteiger partial charge in [-0.1, -0.05) is 0 Å². The number of benzene rings is 1. The SMILES string of the molecule is OC(=[Se])c1ccc(Cl)cc1Cl. The fourth-order valence-corrected chi connectivity index (χ4v) is 1.66. The average molecular weight is 254 g/mol. The minimum absolute atomic E-state index is 0.0756. The van der Waals surface area contributed by atoms with Gasteiger partial charge in [0.1, 0.15) is 0 Å². The van der Waals surface area contributed by atoms with Crippen LogP contribution in [-0.4, -0.2) is 25.3 Å². The van der Waals surface area contributed by atoms with Gasteiger partial charge in [-0.05, 0) is 0 Å². The van der Waals surface area contributed by atoms with Crippen molar-refractivity contribution < 1.29 is 5.11 Å². The van der Waals surface area contributed by atoms with Crippen LogP contribution in [0.25, 0.3) is 0 Å². The van der Waals surface area contributed by atoms with E-state index in [0.717, 1.165) is 0 Å². The molecule has 0 fully saturated rings. The molecule has 1 N–H and O–H groups in total. The van der Waals surface area contributed by atoms with Crippen LogP contribution in [-0.2, 0) is 0 Å². The van der Waals surface area contributed by atoms with E-state index in [4.69, 9.17) is 28.3 Å². The van der Waals surface area contributed by atoms with Gasteiger partial charge >= 0.3 is 82.3 Å². The molecular formula is C7H4Cl2OSe. The summed E-state index contributed by atoms with van der Waals surface area (Å²) in [5, 5.41) is 10.0. The van der Waals surface area contributed by atoms with Crippen molar-refractivity contribution in [2.75, 3.05) is 0 Å². The van der Waals surface area contributed by atoms with Crippen LogP contribution in [0, 0.1) is 0 Å². The van der Waals surface area contributed by atoms with Crippen molar-refractivity contribution in [1.82, 2.24) is 0 Å². The van der Waals surface area contributed by atoms with E-state index >= 15 is 0 Å². The van der Waals surface area contributed by atoms with Crippen LogP contribution in [0.15, 0.2) is 18.2 Å². The van der Waals surface area contributed by atoms with Crippen LogP contribution in [0.1, 0.15) is 5.56 Å². The van der Waals surface area contributed by atoms with Gasteiger partial charge in [-0.15, -0.1) is 0 Å². The zero-order valence-electron chi connectivity index (χ0n) is 5.34. The fourth-order valence-electron chi connectivity index (χ4n) is 0.663. The van der Waals surface area contributed by atoms with Gasteiger partial charge in [0.15, 0.2) is 0 Å². The van der Waals surface area contributed by atoms with Crippen LogP contribution < -0.4 is 0 Å². The van der Waals surface area contributed by atoms with Crippen molar-refractivity contribution in [3.05, 3.63) is 33.8 Å². The van der Waals surface area contributed by atoms with E-state index in [1.165, 1.54) is 0 Å². The number of rotatable bonds is 1. The monoisotopic (exact) mass is 254 g/mol. The summed E-state index contributed by atoms with van der Waals surface area (Å²) in [5.41, 5.74) is 0.566.